The molecular formula is C15H19Cl2FN2O. The molecule has 0 amide bonds. The standard InChI is InChI=1S/C15H19Cl2FN2O/c1-4-21-15(2,3)9-20-13-7-10(17)11(18)8-12(13)19-14(20)5-6-16/h7-8H,4-6,9H2,1-3H3. The molecule has 0 N–H and O–H groups in total. The van der Waals surface area contributed by atoms with Gasteiger partial charge in [0.15, 0.2) is 0 Å². The summed E-state index contributed by atoms with van der Waals surface area (Å²) in [6.07, 6.45) is 0.609. The zero-order valence-corrected chi connectivity index (χ0v) is 13.9. The van der Waals surface area contributed by atoms with Gasteiger partial charge < -0.3 is 9.30 Å². The number of fused-ring (bicyclic) bond motifs is 1. The second-order valence-electron chi connectivity index (χ2n) is 5.50. The molecule has 0 bridgehead atoms. The SMILES string of the molecule is CCOC(C)(C)Cn1c(CCCl)nc2cc(F)c(Cl)cc21. The molecule has 0 spiro atoms. The molecule has 1 aromatic carbocycles. The van der Waals surface area contributed by atoms with Crippen molar-refractivity contribution >= 4 is 34.2 Å². The molecule has 0 saturated carbocycles. The van der Waals surface area contributed by atoms with Crippen LogP contribution in [-0.4, -0.2) is 27.6 Å². The Kier molecular flexibility index (Phi) is 5.12. The maximum absolute atomic E-state index is 13.6. The first-order chi connectivity index (χ1) is 9.88. The van der Waals surface area contributed by atoms with E-state index in [0.717, 1.165) is 11.3 Å². The highest BCUT2D eigenvalue weighted by Gasteiger charge is 2.22. The highest BCUT2D eigenvalue weighted by atomic mass is 35.5. The van der Waals surface area contributed by atoms with Crippen molar-refractivity contribution in [1.82, 2.24) is 9.55 Å². The van der Waals surface area contributed by atoms with Crippen LogP contribution in [0.15, 0.2) is 12.1 Å². The summed E-state index contributed by atoms with van der Waals surface area (Å²) in [4.78, 5) is 4.47. The lowest BCUT2D eigenvalue weighted by Gasteiger charge is -2.26. The van der Waals surface area contributed by atoms with Crippen molar-refractivity contribution in [2.45, 2.75) is 39.3 Å². The number of aryl methyl sites for hydroxylation is 1. The van der Waals surface area contributed by atoms with Gasteiger partial charge in [0, 0.05) is 25.0 Å². The monoisotopic (exact) mass is 332 g/mol. The number of rotatable bonds is 6. The van der Waals surface area contributed by atoms with Crippen LogP contribution in [0.3, 0.4) is 0 Å². The van der Waals surface area contributed by atoms with Crippen LogP contribution in [0.25, 0.3) is 11.0 Å². The quantitative estimate of drug-likeness (QED) is 0.732. The van der Waals surface area contributed by atoms with Gasteiger partial charge in [-0.3, -0.25) is 0 Å². The van der Waals surface area contributed by atoms with Gasteiger partial charge in [-0.05, 0) is 26.8 Å². The predicted octanol–water partition coefficient (Wildman–Crippen LogP) is 4.43. The fourth-order valence-corrected chi connectivity index (χ4v) is 2.77. The van der Waals surface area contributed by atoms with Gasteiger partial charge in [0.1, 0.15) is 11.6 Å². The largest absolute Gasteiger partial charge is 0.374 e. The summed E-state index contributed by atoms with van der Waals surface area (Å²) in [6.45, 7) is 7.21. The zero-order chi connectivity index (χ0) is 15.6. The van der Waals surface area contributed by atoms with Gasteiger partial charge in [-0.2, -0.15) is 0 Å². The lowest BCUT2D eigenvalue weighted by molar-refractivity contribution is -0.0221. The molecule has 0 unspecified atom stereocenters. The number of hydrogen-bond acceptors (Lipinski definition) is 2. The number of hydrogen-bond donors (Lipinski definition) is 0. The van der Waals surface area contributed by atoms with Crippen LogP contribution in [0.1, 0.15) is 26.6 Å². The van der Waals surface area contributed by atoms with Gasteiger partial charge in [-0.25, -0.2) is 9.37 Å². The van der Waals surface area contributed by atoms with Crippen molar-refractivity contribution in [2.75, 3.05) is 12.5 Å². The molecule has 0 saturated heterocycles. The maximum Gasteiger partial charge on any atom is 0.144 e. The Morgan fingerprint density at radius 1 is 1.38 bits per heavy atom. The topological polar surface area (TPSA) is 27.1 Å². The Bertz CT molecular complexity index is 640. The van der Waals surface area contributed by atoms with E-state index in [2.05, 4.69) is 4.98 Å². The van der Waals surface area contributed by atoms with Crippen LogP contribution >= 0.6 is 23.2 Å². The highest BCUT2D eigenvalue weighted by Crippen LogP contribution is 2.26. The summed E-state index contributed by atoms with van der Waals surface area (Å²) < 4.78 is 21.4. The number of aromatic nitrogens is 2. The van der Waals surface area contributed by atoms with E-state index in [-0.39, 0.29) is 10.6 Å². The first kappa shape index (κ1) is 16.5. The Balaban J connectivity index is 2.52. The summed E-state index contributed by atoms with van der Waals surface area (Å²) in [5, 5.41) is 0.0929. The molecule has 2 rings (SSSR count). The molecule has 1 heterocycles. The lowest BCUT2D eigenvalue weighted by atomic mass is 10.1. The third-order valence-corrected chi connectivity index (χ3v) is 3.74. The lowest BCUT2D eigenvalue weighted by Crippen LogP contribution is -2.31. The van der Waals surface area contributed by atoms with E-state index >= 15 is 0 Å². The third-order valence-electron chi connectivity index (χ3n) is 3.26. The zero-order valence-electron chi connectivity index (χ0n) is 12.4. The number of imidazole rings is 1. The second kappa shape index (κ2) is 6.51. The van der Waals surface area contributed by atoms with Crippen molar-refractivity contribution in [3.63, 3.8) is 0 Å². The summed E-state index contributed by atoms with van der Waals surface area (Å²) >= 11 is 11.8. The van der Waals surface area contributed by atoms with Crippen LogP contribution in [0.4, 0.5) is 4.39 Å². The first-order valence-electron chi connectivity index (χ1n) is 6.92. The fraction of sp³-hybridized carbons (Fsp3) is 0.533. The molecule has 6 heteroatoms. The predicted molar refractivity (Wildman–Crippen MR) is 84.8 cm³/mol. The average molecular weight is 333 g/mol. The van der Waals surface area contributed by atoms with Crippen LogP contribution in [0.2, 0.25) is 5.02 Å². The summed E-state index contributed by atoms with van der Waals surface area (Å²) in [7, 11) is 0. The number of benzene rings is 1. The summed E-state index contributed by atoms with van der Waals surface area (Å²) in [5.41, 5.74) is 1.03. The van der Waals surface area contributed by atoms with Crippen molar-refractivity contribution in [3.05, 3.63) is 28.8 Å². The average Bonchev–Trinajstić information content (AvgIpc) is 2.68. The summed E-state index contributed by atoms with van der Waals surface area (Å²) in [6, 6.07) is 2.97. The smallest absolute Gasteiger partial charge is 0.144 e. The number of alkyl halides is 1. The van der Waals surface area contributed by atoms with Gasteiger partial charge in [-0.1, -0.05) is 11.6 Å². The number of ether oxygens (including phenoxy) is 1. The van der Waals surface area contributed by atoms with E-state index in [1.165, 1.54) is 6.07 Å². The minimum Gasteiger partial charge on any atom is -0.374 e. The summed E-state index contributed by atoms with van der Waals surface area (Å²) in [5.74, 6) is 0.805. The molecular weight excluding hydrogens is 314 g/mol. The molecule has 0 aliphatic carbocycles. The molecule has 116 valence electrons. The van der Waals surface area contributed by atoms with Crippen molar-refractivity contribution in [3.8, 4) is 0 Å². The molecule has 0 aliphatic rings. The van der Waals surface area contributed by atoms with Crippen molar-refractivity contribution in [1.29, 1.82) is 0 Å². The first-order valence-corrected chi connectivity index (χ1v) is 7.83. The van der Waals surface area contributed by atoms with Gasteiger partial charge in [0.05, 0.1) is 28.2 Å². The van der Waals surface area contributed by atoms with E-state index < -0.39 is 5.82 Å². The van der Waals surface area contributed by atoms with Gasteiger partial charge in [-0.15, -0.1) is 11.6 Å². The third kappa shape index (κ3) is 3.68. The van der Waals surface area contributed by atoms with Crippen molar-refractivity contribution in [2.24, 2.45) is 0 Å². The van der Waals surface area contributed by atoms with Crippen LogP contribution in [-0.2, 0) is 17.7 Å². The second-order valence-corrected chi connectivity index (χ2v) is 6.29. The molecule has 3 nitrogen and oxygen atoms in total. The molecule has 0 atom stereocenters. The molecule has 0 radical (unpaired) electrons. The minimum absolute atomic E-state index is 0.0929. The Morgan fingerprint density at radius 3 is 2.71 bits per heavy atom. The Morgan fingerprint density at radius 2 is 2.10 bits per heavy atom. The van der Waals surface area contributed by atoms with E-state index in [0.29, 0.717) is 31.0 Å². The van der Waals surface area contributed by atoms with Crippen LogP contribution in [0.5, 0.6) is 0 Å². The van der Waals surface area contributed by atoms with E-state index in [1.807, 2.05) is 25.3 Å². The van der Waals surface area contributed by atoms with E-state index in [1.54, 1.807) is 6.07 Å². The molecule has 21 heavy (non-hydrogen) atoms. The van der Waals surface area contributed by atoms with Crippen LogP contribution in [0, 0.1) is 5.82 Å². The molecule has 0 aliphatic heterocycles. The molecule has 0 fully saturated rings. The normalized spacial score (nSPS) is 12.3. The minimum atomic E-state index is -0.463. The van der Waals surface area contributed by atoms with Crippen molar-refractivity contribution < 1.29 is 9.13 Å². The highest BCUT2D eigenvalue weighted by molar-refractivity contribution is 6.31. The van der Waals surface area contributed by atoms with Crippen LogP contribution < -0.4 is 0 Å². The van der Waals surface area contributed by atoms with Gasteiger partial charge in [0.25, 0.3) is 0 Å². The fourth-order valence-electron chi connectivity index (χ4n) is 2.44. The molecule has 2 aromatic rings. The maximum atomic E-state index is 13.6. The number of nitrogens with zero attached hydrogens (tertiary/aromatic N) is 2. The number of halogens is 3. The molecule has 1 aromatic heterocycles. The Labute approximate surface area is 134 Å². The Hall–Kier alpha value is -0.840. The van der Waals surface area contributed by atoms with E-state index in [4.69, 9.17) is 27.9 Å². The van der Waals surface area contributed by atoms with Gasteiger partial charge >= 0.3 is 0 Å². The van der Waals surface area contributed by atoms with E-state index in [9.17, 15) is 4.39 Å². The van der Waals surface area contributed by atoms with Gasteiger partial charge in [0.2, 0.25) is 0 Å².